The highest BCUT2D eigenvalue weighted by Crippen LogP contribution is 2.65. The number of methoxy groups -OCH3 is 1. The van der Waals surface area contributed by atoms with Crippen molar-refractivity contribution in [3.05, 3.63) is 35.1 Å². The zero-order valence-electron chi connectivity index (χ0n) is 23.2. The smallest absolute Gasteiger partial charge is 0.352 e. The van der Waals surface area contributed by atoms with E-state index in [4.69, 9.17) is 18.9 Å². The average Bonchev–Trinajstić information content (AvgIpc) is 3.27. The molecule has 1 aromatic rings. The summed E-state index contributed by atoms with van der Waals surface area (Å²) in [7, 11) is 3.51. The molecule has 1 fully saturated rings. The molecule has 2 bridgehead atoms. The van der Waals surface area contributed by atoms with Crippen LogP contribution in [0, 0.1) is 0 Å². The molecule has 1 spiro atoms. The number of carbonyl (C=O) groups is 4. The number of carboxylic acids is 1. The van der Waals surface area contributed by atoms with E-state index in [0.717, 1.165) is 18.1 Å². The highest BCUT2D eigenvalue weighted by atomic mass is 16.6. The van der Waals surface area contributed by atoms with Crippen molar-refractivity contribution in [1.29, 1.82) is 0 Å². The lowest BCUT2D eigenvalue weighted by atomic mass is 9.50. The molecule has 2 aliphatic heterocycles. The first-order chi connectivity index (χ1) is 19.3. The number of nitrogens with one attached hydrogen (secondary N) is 1. The van der Waals surface area contributed by atoms with E-state index in [-0.39, 0.29) is 18.2 Å². The summed E-state index contributed by atoms with van der Waals surface area (Å²) in [6, 6.07) is 1.96. The summed E-state index contributed by atoms with van der Waals surface area (Å²) in [5.74, 6) is -3.26. The third-order valence-corrected chi connectivity index (χ3v) is 8.78. The highest BCUT2D eigenvalue weighted by Gasteiger charge is 2.72. The molecule has 13 heteroatoms. The number of benzene rings is 1. The molecule has 13 nitrogen and oxygen atoms in total. The van der Waals surface area contributed by atoms with Gasteiger partial charge in [0.05, 0.1) is 24.5 Å². The van der Waals surface area contributed by atoms with Crippen molar-refractivity contribution in [2.45, 2.75) is 80.9 Å². The Morgan fingerprint density at radius 3 is 2.63 bits per heavy atom. The number of carboxylic acid groups (broad SMARTS) is 1. The Balaban J connectivity index is 1.35. The molecule has 0 radical (unpaired) electrons. The van der Waals surface area contributed by atoms with Gasteiger partial charge in [-0.05, 0) is 58.0 Å². The molecule has 4 N–H and O–H groups in total. The number of likely N-dealkylation sites (N-methyl/N-ethyl adjacent to an activating group) is 1. The Bertz CT molecular complexity index is 1330. The molecular weight excluding hydrogens is 540 g/mol. The van der Waals surface area contributed by atoms with Gasteiger partial charge in [0.1, 0.15) is 17.9 Å². The molecule has 1 aromatic carbocycles. The topological polar surface area (TPSA) is 181 Å². The van der Waals surface area contributed by atoms with Gasteiger partial charge in [0, 0.05) is 18.0 Å². The van der Waals surface area contributed by atoms with E-state index in [1.807, 2.05) is 24.5 Å². The summed E-state index contributed by atoms with van der Waals surface area (Å²) in [5.41, 5.74) is -0.169. The van der Waals surface area contributed by atoms with Gasteiger partial charge in [0.15, 0.2) is 23.7 Å². The van der Waals surface area contributed by atoms with Gasteiger partial charge in [-0.3, -0.25) is 9.59 Å². The van der Waals surface area contributed by atoms with E-state index < -0.39 is 65.6 Å². The van der Waals surface area contributed by atoms with Crippen LogP contribution >= 0.6 is 0 Å². The van der Waals surface area contributed by atoms with Gasteiger partial charge in [0.2, 0.25) is 5.91 Å². The lowest BCUT2D eigenvalue weighted by Crippen LogP contribution is -2.74. The van der Waals surface area contributed by atoms with E-state index in [0.29, 0.717) is 30.9 Å². The minimum atomic E-state index is -1.66. The second-order valence-corrected chi connectivity index (χ2v) is 11.1. The zero-order chi connectivity index (χ0) is 29.9. The molecule has 222 valence electrons. The van der Waals surface area contributed by atoms with Crippen LogP contribution in [0.2, 0.25) is 0 Å². The number of ether oxygens (including phenoxy) is 4. The van der Waals surface area contributed by atoms with Crippen LogP contribution in [0.4, 0.5) is 0 Å². The molecule has 0 saturated carbocycles. The SMILES string of the molecule is COc1ccc2c3c1O[C@H]1C(OC(=O)[C@H](C)OC(=O)C[C@H](NC(=O)[C@H](C)O)C(=O)O)=CC[C@@]4(O)[C@@H](C2)N(C)CC[C@]314. The Morgan fingerprint density at radius 2 is 1.98 bits per heavy atom. The summed E-state index contributed by atoms with van der Waals surface area (Å²) < 4.78 is 22.8. The number of likely N-dealkylation sites (tertiary alicyclic amines) is 1. The maximum atomic E-state index is 13.1. The first kappa shape index (κ1) is 28.8. The van der Waals surface area contributed by atoms with E-state index in [2.05, 4.69) is 4.90 Å². The van der Waals surface area contributed by atoms with Gasteiger partial charge in [-0.2, -0.15) is 0 Å². The molecule has 7 atom stereocenters. The molecule has 4 aliphatic rings. The molecule has 2 heterocycles. The molecule has 2 aliphatic carbocycles. The van der Waals surface area contributed by atoms with Crippen LogP contribution < -0.4 is 14.8 Å². The predicted molar refractivity (Wildman–Crippen MR) is 139 cm³/mol. The first-order valence-electron chi connectivity index (χ1n) is 13.5. The Morgan fingerprint density at radius 1 is 1.24 bits per heavy atom. The fourth-order valence-corrected chi connectivity index (χ4v) is 6.74. The van der Waals surface area contributed by atoms with Crippen LogP contribution in [-0.2, 0) is 40.5 Å². The van der Waals surface area contributed by atoms with Crippen molar-refractivity contribution in [2.24, 2.45) is 0 Å². The van der Waals surface area contributed by atoms with Crippen LogP contribution in [0.3, 0.4) is 0 Å². The fourth-order valence-electron chi connectivity index (χ4n) is 6.74. The van der Waals surface area contributed by atoms with Gasteiger partial charge in [-0.1, -0.05) is 6.07 Å². The van der Waals surface area contributed by atoms with Crippen LogP contribution in [0.5, 0.6) is 11.5 Å². The van der Waals surface area contributed by atoms with Gasteiger partial charge in [0.25, 0.3) is 0 Å². The standard InChI is InChI=1S/C28H34N2O11/c1-13(31)24(33)29-16(25(34)35)12-20(32)39-14(2)26(36)40-18-7-8-28(37)19-11-15-5-6-17(38-4)22-21(15)27(28,23(18)41-22)9-10-30(19)3/h5-7,13-14,16,19,23,31,37H,8-12H2,1-4H3,(H,29,33)(H,34,35)/t13-,14-,16-,19+,23-,27-,28+/m0/s1. The average molecular weight is 575 g/mol. The molecule has 1 saturated heterocycles. The van der Waals surface area contributed by atoms with E-state index in [1.165, 1.54) is 14.0 Å². The number of aliphatic hydroxyl groups excluding tert-OH is 1. The Hall–Kier alpha value is -3.68. The maximum absolute atomic E-state index is 13.1. The van der Waals surface area contributed by atoms with Crippen molar-refractivity contribution in [3.8, 4) is 11.5 Å². The van der Waals surface area contributed by atoms with Gasteiger partial charge < -0.3 is 44.5 Å². The number of hydrogen-bond acceptors (Lipinski definition) is 11. The van der Waals surface area contributed by atoms with E-state index >= 15 is 0 Å². The third-order valence-electron chi connectivity index (χ3n) is 8.78. The molecule has 5 rings (SSSR count). The van der Waals surface area contributed by atoms with Crippen LogP contribution in [0.25, 0.3) is 0 Å². The van der Waals surface area contributed by atoms with Crippen LogP contribution in [0.15, 0.2) is 24.0 Å². The normalized spacial score (nSPS) is 29.6. The molecule has 41 heavy (non-hydrogen) atoms. The summed E-state index contributed by atoms with van der Waals surface area (Å²) >= 11 is 0. The third kappa shape index (κ3) is 4.43. The largest absolute Gasteiger partial charge is 0.493 e. The Kier molecular flexibility index (Phi) is 7.24. The second-order valence-electron chi connectivity index (χ2n) is 11.1. The molecule has 0 unspecified atom stereocenters. The fraction of sp³-hybridized carbons (Fsp3) is 0.571. The van der Waals surface area contributed by atoms with Crippen molar-refractivity contribution >= 4 is 23.8 Å². The molecular formula is C28H34N2O11. The maximum Gasteiger partial charge on any atom is 0.352 e. The van der Waals surface area contributed by atoms with Crippen LogP contribution in [0.1, 0.15) is 44.2 Å². The van der Waals surface area contributed by atoms with Crippen molar-refractivity contribution in [1.82, 2.24) is 10.2 Å². The number of piperidine rings is 1. The number of hydrogen-bond donors (Lipinski definition) is 4. The van der Waals surface area contributed by atoms with E-state index in [1.54, 1.807) is 6.08 Å². The number of aliphatic carboxylic acids is 1. The van der Waals surface area contributed by atoms with Gasteiger partial charge in [-0.15, -0.1) is 0 Å². The number of nitrogens with zero attached hydrogens (tertiary/aromatic N) is 1. The minimum absolute atomic E-state index is 0.181. The first-order valence-corrected chi connectivity index (χ1v) is 13.5. The molecule has 0 aromatic heterocycles. The minimum Gasteiger partial charge on any atom is -0.493 e. The quantitative estimate of drug-likeness (QED) is 0.285. The van der Waals surface area contributed by atoms with Crippen molar-refractivity contribution < 1.29 is 53.4 Å². The van der Waals surface area contributed by atoms with Crippen molar-refractivity contribution in [3.63, 3.8) is 0 Å². The summed E-state index contributed by atoms with van der Waals surface area (Å²) in [6.07, 6.45) is -1.50. The van der Waals surface area contributed by atoms with Crippen LogP contribution in [-0.4, -0.2) is 101 Å². The number of carbonyl (C=O) groups excluding carboxylic acids is 3. The summed E-state index contributed by atoms with van der Waals surface area (Å²) in [5, 5.41) is 32.9. The lowest BCUT2D eigenvalue weighted by Gasteiger charge is -2.61. The Labute approximate surface area is 236 Å². The summed E-state index contributed by atoms with van der Waals surface area (Å²) in [6.45, 7) is 3.11. The number of esters is 2. The van der Waals surface area contributed by atoms with Crippen molar-refractivity contribution in [2.75, 3.05) is 20.7 Å². The van der Waals surface area contributed by atoms with Gasteiger partial charge >= 0.3 is 17.9 Å². The summed E-state index contributed by atoms with van der Waals surface area (Å²) in [4.78, 5) is 50.8. The highest BCUT2D eigenvalue weighted by molar-refractivity contribution is 5.89. The molecule has 1 amide bonds. The number of aliphatic hydroxyl groups is 2. The van der Waals surface area contributed by atoms with Gasteiger partial charge in [-0.25, -0.2) is 9.59 Å². The van der Waals surface area contributed by atoms with E-state index in [9.17, 15) is 34.5 Å². The monoisotopic (exact) mass is 574 g/mol. The zero-order valence-corrected chi connectivity index (χ0v) is 23.2. The second kappa shape index (κ2) is 10.3. The number of rotatable bonds is 9. The number of amides is 1. The predicted octanol–water partition coefficient (Wildman–Crippen LogP) is -0.212. The lowest BCUT2D eigenvalue weighted by molar-refractivity contribution is -0.175.